The van der Waals surface area contributed by atoms with Crippen molar-refractivity contribution < 1.29 is 8.78 Å². The van der Waals surface area contributed by atoms with Gasteiger partial charge in [0.25, 0.3) is 0 Å². The Morgan fingerprint density at radius 2 is 1.81 bits per heavy atom. The van der Waals surface area contributed by atoms with Crippen LogP contribution in [0.15, 0.2) is 36.4 Å². The van der Waals surface area contributed by atoms with Gasteiger partial charge in [0.2, 0.25) is 0 Å². The maximum Gasteiger partial charge on any atom is 0.131 e. The molecule has 2 rings (SSSR count). The van der Waals surface area contributed by atoms with Crippen LogP contribution < -0.4 is 5.32 Å². The number of nitrogens with one attached hydrogen (secondary N) is 1. The molecule has 0 saturated heterocycles. The van der Waals surface area contributed by atoms with Crippen LogP contribution >= 0.6 is 0 Å². The molecular weight excluding hydrogens is 268 g/mol. The molecule has 1 nitrogen and oxygen atoms in total. The van der Waals surface area contributed by atoms with E-state index in [4.69, 9.17) is 0 Å². The fraction of sp³-hybridized carbons (Fsp3) is 0.333. The molecule has 1 unspecified atom stereocenters. The maximum absolute atomic E-state index is 14.2. The summed E-state index contributed by atoms with van der Waals surface area (Å²) in [5, 5.41) is 3.35. The highest BCUT2D eigenvalue weighted by atomic mass is 19.1. The first-order chi connectivity index (χ1) is 10.0. The van der Waals surface area contributed by atoms with Gasteiger partial charge in [0.15, 0.2) is 0 Å². The molecule has 0 spiro atoms. The average molecular weight is 289 g/mol. The van der Waals surface area contributed by atoms with Gasteiger partial charge in [-0.2, -0.15) is 0 Å². The molecule has 0 bridgehead atoms. The second kappa shape index (κ2) is 6.81. The van der Waals surface area contributed by atoms with Crippen LogP contribution in [0.5, 0.6) is 0 Å². The molecule has 2 aromatic carbocycles. The van der Waals surface area contributed by atoms with Gasteiger partial charge in [0, 0.05) is 11.6 Å². The molecule has 0 aliphatic carbocycles. The van der Waals surface area contributed by atoms with Gasteiger partial charge in [0.1, 0.15) is 11.6 Å². The van der Waals surface area contributed by atoms with Crippen LogP contribution in [0, 0.1) is 25.5 Å². The quantitative estimate of drug-likeness (QED) is 0.843. The number of benzene rings is 2. The SMILES string of the molecule is CCCNC(c1cccc(C)c1)c1cc(C)c(F)cc1F. The van der Waals surface area contributed by atoms with Crippen LogP contribution in [0.2, 0.25) is 0 Å². The van der Waals surface area contributed by atoms with Gasteiger partial charge in [0.05, 0.1) is 6.04 Å². The van der Waals surface area contributed by atoms with E-state index in [1.54, 1.807) is 13.0 Å². The average Bonchev–Trinajstić information content (AvgIpc) is 2.44. The van der Waals surface area contributed by atoms with E-state index in [0.29, 0.717) is 11.1 Å². The van der Waals surface area contributed by atoms with Crippen molar-refractivity contribution in [3.05, 3.63) is 70.3 Å². The molecule has 0 radical (unpaired) electrons. The molecule has 1 atom stereocenters. The highest BCUT2D eigenvalue weighted by Gasteiger charge is 2.19. The van der Waals surface area contributed by atoms with Crippen molar-refractivity contribution >= 4 is 0 Å². The molecule has 0 fully saturated rings. The lowest BCUT2D eigenvalue weighted by Crippen LogP contribution is -2.24. The number of hydrogen-bond donors (Lipinski definition) is 1. The summed E-state index contributed by atoms with van der Waals surface area (Å²) in [4.78, 5) is 0. The summed E-state index contributed by atoms with van der Waals surface area (Å²) >= 11 is 0. The van der Waals surface area contributed by atoms with Crippen molar-refractivity contribution in [1.82, 2.24) is 5.32 Å². The van der Waals surface area contributed by atoms with E-state index in [1.807, 2.05) is 31.2 Å². The Kier molecular flexibility index (Phi) is 5.07. The molecule has 0 aromatic heterocycles. The fourth-order valence-electron chi connectivity index (χ4n) is 2.45. The minimum atomic E-state index is -0.506. The predicted molar refractivity (Wildman–Crippen MR) is 82.4 cm³/mol. The first-order valence-corrected chi connectivity index (χ1v) is 7.28. The molecule has 112 valence electrons. The molecule has 0 aliphatic rings. The third-order valence-electron chi connectivity index (χ3n) is 3.56. The summed E-state index contributed by atoms with van der Waals surface area (Å²) in [6.45, 7) is 6.50. The summed E-state index contributed by atoms with van der Waals surface area (Å²) in [6, 6.07) is 10.3. The molecule has 0 amide bonds. The van der Waals surface area contributed by atoms with E-state index in [-0.39, 0.29) is 6.04 Å². The van der Waals surface area contributed by atoms with E-state index >= 15 is 0 Å². The summed E-state index contributed by atoms with van der Waals surface area (Å²) in [7, 11) is 0. The zero-order valence-corrected chi connectivity index (χ0v) is 12.7. The van der Waals surface area contributed by atoms with Gasteiger partial charge in [-0.1, -0.05) is 36.8 Å². The lowest BCUT2D eigenvalue weighted by molar-refractivity contribution is 0.530. The van der Waals surface area contributed by atoms with Gasteiger partial charge < -0.3 is 5.32 Å². The summed E-state index contributed by atoms with van der Waals surface area (Å²) in [6.07, 6.45) is 0.949. The third kappa shape index (κ3) is 3.67. The summed E-state index contributed by atoms with van der Waals surface area (Å²) in [5.41, 5.74) is 3.07. The maximum atomic E-state index is 14.2. The first-order valence-electron chi connectivity index (χ1n) is 7.28. The normalized spacial score (nSPS) is 12.4. The van der Waals surface area contributed by atoms with Gasteiger partial charge in [-0.3, -0.25) is 0 Å². The van der Waals surface area contributed by atoms with E-state index in [2.05, 4.69) is 12.2 Å². The highest BCUT2D eigenvalue weighted by Crippen LogP contribution is 2.27. The van der Waals surface area contributed by atoms with Gasteiger partial charge in [-0.15, -0.1) is 0 Å². The second-order valence-electron chi connectivity index (χ2n) is 5.42. The Labute approximate surface area is 125 Å². The third-order valence-corrected chi connectivity index (χ3v) is 3.56. The topological polar surface area (TPSA) is 12.0 Å². The molecular formula is C18H21F2N. The number of rotatable bonds is 5. The summed E-state index contributed by atoms with van der Waals surface area (Å²) in [5.74, 6) is -1.01. The highest BCUT2D eigenvalue weighted by molar-refractivity contribution is 5.37. The predicted octanol–water partition coefficient (Wildman–Crippen LogP) is 4.67. The second-order valence-corrected chi connectivity index (χ2v) is 5.42. The Hall–Kier alpha value is -1.74. The van der Waals surface area contributed by atoms with Crippen LogP contribution in [-0.2, 0) is 0 Å². The molecule has 0 saturated carbocycles. The van der Waals surface area contributed by atoms with Crippen molar-refractivity contribution in [1.29, 1.82) is 0 Å². The van der Waals surface area contributed by atoms with Crippen LogP contribution in [0.1, 0.15) is 41.6 Å². The van der Waals surface area contributed by atoms with Crippen LogP contribution in [-0.4, -0.2) is 6.54 Å². The molecule has 21 heavy (non-hydrogen) atoms. The van der Waals surface area contributed by atoms with Crippen LogP contribution in [0.25, 0.3) is 0 Å². The van der Waals surface area contributed by atoms with E-state index < -0.39 is 11.6 Å². The van der Waals surface area contributed by atoms with E-state index in [9.17, 15) is 8.78 Å². The summed E-state index contributed by atoms with van der Waals surface area (Å²) < 4.78 is 27.7. The molecule has 3 heteroatoms. The van der Waals surface area contributed by atoms with Gasteiger partial charge in [-0.25, -0.2) is 8.78 Å². The van der Waals surface area contributed by atoms with Crippen molar-refractivity contribution in [2.45, 2.75) is 33.2 Å². The molecule has 0 aliphatic heterocycles. The van der Waals surface area contributed by atoms with Crippen molar-refractivity contribution in [2.24, 2.45) is 0 Å². The van der Waals surface area contributed by atoms with Crippen molar-refractivity contribution in [3.63, 3.8) is 0 Å². The standard InChI is InChI=1S/C18H21F2N/c1-4-8-21-18(14-7-5-6-12(2)9-14)15-10-13(3)16(19)11-17(15)20/h5-7,9-11,18,21H,4,8H2,1-3H3. The zero-order chi connectivity index (χ0) is 15.4. The Morgan fingerprint density at radius 1 is 1.05 bits per heavy atom. The Morgan fingerprint density at radius 3 is 2.48 bits per heavy atom. The fourth-order valence-corrected chi connectivity index (χ4v) is 2.45. The Bertz CT molecular complexity index is 623. The lowest BCUT2D eigenvalue weighted by Gasteiger charge is -2.21. The lowest BCUT2D eigenvalue weighted by atomic mass is 9.95. The minimum absolute atomic E-state index is 0.260. The largest absolute Gasteiger partial charge is 0.306 e. The number of hydrogen-bond acceptors (Lipinski definition) is 1. The van der Waals surface area contributed by atoms with Crippen molar-refractivity contribution in [3.8, 4) is 0 Å². The van der Waals surface area contributed by atoms with Gasteiger partial charge in [-0.05, 0) is 44.0 Å². The van der Waals surface area contributed by atoms with E-state index in [0.717, 1.165) is 30.2 Å². The number of aryl methyl sites for hydroxylation is 2. The minimum Gasteiger partial charge on any atom is -0.306 e. The van der Waals surface area contributed by atoms with Crippen LogP contribution in [0.4, 0.5) is 8.78 Å². The molecule has 1 N–H and O–H groups in total. The first kappa shape index (κ1) is 15.6. The monoisotopic (exact) mass is 289 g/mol. The van der Waals surface area contributed by atoms with Crippen molar-refractivity contribution in [2.75, 3.05) is 6.54 Å². The molecule has 0 heterocycles. The molecule has 2 aromatic rings. The van der Waals surface area contributed by atoms with Crippen LogP contribution in [0.3, 0.4) is 0 Å². The van der Waals surface area contributed by atoms with Gasteiger partial charge >= 0.3 is 0 Å². The zero-order valence-electron chi connectivity index (χ0n) is 12.7. The Balaban J connectivity index is 2.47. The number of halogens is 2. The smallest absolute Gasteiger partial charge is 0.131 e. The van der Waals surface area contributed by atoms with E-state index in [1.165, 1.54) is 0 Å².